The quantitative estimate of drug-likeness (QED) is 0.884. The first-order valence-corrected chi connectivity index (χ1v) is 7.34. The van der Waals surface area contributed by atoms with Crippen LogP contribution in [-0.4, -0.2) is 16.5 Å². The largest absolute Gasteiger partial charge is 0.350 e. The summed E-state index contributed by atoms with van der Waals surface area (Å²) in [6.45, 7) is 6.49. The van der Waals surface area contributed by atoms with Crippen LogP contribution in [0.15, 0.2) is 30.5 Å². The highest BCUT2D eigenvalue weighted by atomic mass is 16.1. The van der Waals surface area contributed by atoms with E-state index in [2.05, 4.69) is 26.1 Å². The second-order valence-electron chi connectivity index (χ2n) is 6.02. The van der Waals surface area contributed by atoms with Gasteiger partial charge in [-0.1, -0.05) is 32.0 Å². The van der Waals surface area contributed by atoms with Crippen molar-refractivity contribution in [1.29, 1.82) is 0 Å². The standard InChI is InChI=1S/C17H24N2O/c1-12(2)9-10-13(3)18-17(20)15-11-19(4)16-8-6-5-7-14(15)16/h5-8,11-13H,9-10H2,1-4H3,(H,18,20). The number of benzene rings is 1. The minimum atomic E-state index is 0.0260. The molecule has 0 aliphatic carbocycles. The van der Waals surface area contributed by atoms with Crippen molar-refractivity contribution < 1.29 is 4.79 Å². The number of aryl methyl sites for hydroxylation is 1. The van der Waals surface area contributed by atoms with E-state index in [9.17, 15) is 4.79 Å². The van der Waals surface area contributed by atoms with Gasteiger partial charge in [0.25, 0.3) is 5.91 Å². The van der Waals surface area contributed by atoms with Gasteiger partial charge in [0, 0.05) is 30.2 Å². The van der Waals surface area contributed by atoms with Gasteiger partial charge >= 0.3 is 0 Å². The van der Waals surface area contributed by atoms with E-state index in [1.54, 1.807) is 0 Å². The Labute approximate surface area is 121 Å². The van der Waals surface area contributed by atoms with Crippen molar-refractivity contribution >= 4 is 16.8 Å². The summed E-state index contributed by atoms with van der Waals surface area (Å²) in [4.78, 5) is 12.4. The Kier molecular flexibility index (Phi) is 4.48. The third-order valence-corrected chi connectivity index (χ3v) is 3.70. The highest BCUT2D eigenvalue weighted by Gasteiger charge is 2.15. The SMILES string of the molecule is CC(C)CCC(C)NC(=O)c1cn(C)c2ccccc12. The molecule has 1 aromatic carbocycles. The van der Waals surface area contributed by atoms with Gasteiger partial charge in [-0.25, -0.2) is 0 Å². The third-order valence-electron chi connectivity index (χ3n) is 3.70. The zero-order valence-corrected chi connectivity index (χ0v) is 12.8. The normalized spacial score (nSPS) is 12.8. The first-order chi connectivity index (χ1) is 9.49. The highest BCUT2D eigenvalue weighted by molar-refractivity contribution is 6.07. The van der Waals surface area contributed by atoms with E-state index in [-0.39, 0.29) is 11.9 Å². The lowest BCUT2D eigenvalue weighted by molar-refractivity contribution is 0.0938. The lowest BCUT2D eigenvalue weighted by atomic mass is 10.0. The van der Waals surface area contributed by atoms with Gasteiger partial charge in [-0.3, -0.25) is 4.79 Å². The number of carbonyl (C=O) groups is 1. The molecule has 3 heteroatoms. The number of para-hydroxylation sites is 1. The number of nitrogens with one attached hydrogen (secondary N) is 1. The molecule has 0 aliphatic heterocycles. The van der Waals surface area contributed by atoms with Crippen LogP contribution >= 0.6 is 0 Å². The van der Waals surface area contributed by atoms with Crippen LogP contribution in [0.4, 0.5) is 0 Å². The van der Waals surface area contributed by atoms with Crippen molar-refractivity contribution in [2.45, 2.75) is 39.7 Å². The van der Waals surface area contributed by atoms with Crippen LogP contribution in [0.2, 0.25) is 0 Å². The molecule has 1 heterocycles. The zero-order valence-electron chi connectivity index (χ0n) is 12.8. The molecule has 0 saturated heterocycles. The smallest absolute Gasteiger partial charge is 0.253 e. The topological polar surface area (TPSA) is 34.0 Å². The van der Waals surface area contributed by atoms with Crippen LogP contribution in [0.1, 0.15) is 44.0 Å². The predicted molar refractivity (Wildman–Crippen MR) is 83.9 cm³/mol. The summed E-state index contributed by atoms with van der Waals surface area (Å²) in [5, 5.41) is 4.12. The molecular weight excluding hydrogens is 248 g/mol. The summed E-state index contributed by atoms with van der Waals surface area (Å²) in [7, 11) is 1.97. The summed E-state index contributed by atoms with van der Waals surface area (Å²) < 4.78 is 2.00. The maximum absolute atomic E-state index is 12.4. The fourth-order valence-electron chi connectivity index (χ4n) is 2.48. The number of hydrogen-bond acceptors (Lipinski definition) is 1. The Morgan fingerprint density at radius 2 is 1.90 bits per heavy atom. The summed E-state index contributed by atoms with van der Waals surface area (Å²) in [6, 6.07) is 8.22. The van der Waals surface area contributed by atoms with Crippen LogP contribution in [0.25, 0.3) is 10.9 Å². The monoisotopic (exact) mass is 272 g/mol. The molecule has 1 unspecified atom stereocenters. The minimum Gasteiger partial charge on any atom is -0.350 e. The molecule has 20 heavy (non-hydrogen) atoms. The second kappa shape index (κ2) is 6.12. The Morgan fingerprint density at radius 1 is 1.20 bits per heavy atom. The average molecular weight is 272 g/mol. The van der Waals surface area contributed by atoms with Crippen molar-refractivity contribution in [3.63, 3.8) is 0 Å². The molecule has 0 radical (unpaired) electrons. The van der Waals surface area contributed by atoms with E-state index in [4.69, 9.17) is 0 Å². The van der Waals surface area contributed by atoms with Crippen molar-refractivity contribution in [2.24, 2.45) is 13.0 Å². The fourth-order valence-corrected chi connectivity index (χ4v) is 2.48. The van der Waals surface area contributed by atoms with Gasteiger partial charge in [0.05, 0.1) is 5.56 Å². The van der Waals surface area contributed by atoms with E-state index < -0.39 is 0 Å². The van der Waals surface area contributed by atoms with Crippen molar-refractivity contribution in [2.75, 3.05) is 0 Å². The summed E-state index contributed by atoms with van der Waals surface area (Å²) in [5.74, 6) is 0.699. The minimum absolute atomic E-state index is 0.0260. The van der Waals surface area contributed by atoms with Gasteiger partial charge in [-0.15, -0.1) is 0 Å². The Bertz CT molecular complexity index is 598. The molecule has 0 spiro atoms. The molecule has 0 bridgehead atoms. The van der Waals surface area contributed by atoms with Crippen LogP contribution < -0.4 is 5.32 Å². The van der Waals surface area contributed by atoms with E-state index in [0.29, 0.717) is 5.92 Å². The van der Waals surface area contributed by atoms with E-state index in [0.717, 1.165) is 29.3 Å². The van der Waals surface area contributed by atoms with Crippen LogP contribution in [0.3, 0.4) is 0 Å². The maximum atomic E-state index is 12.4. The highest BCUT2D eigenvalue weighted by Crippen LogP contribution is 2.20. The molecule has 0 saturated carbocycles. The van der Waals surface area contributed by atoms with Gasteiger partial charge in [-0.2, -0.15) is 0 Å². The van der Waals surface area contributed by atoms with Crippen molar-refractivity contribution in [3.8, 4) is 0 Å². The molecule has 108 valence electrons. The van der Waals surface area contributed by atoms with Gasteiger partial charge < -0.3 is 9.88 Å². The molecule has 1 aromatic heterocycles. The Balaban J connectivity index is 2.12. The summed E-state index contributed by atoms with van der Waals surface area (Å²) in [5.41, 5.74) is 1.85. The fraction of sp³-hybridized carbons (Fsp3) is 0.471. The molecule has 3 nitrogen and oxygen atoms in total. The number of amides is 1. The maximum Gasteiger partial charge on any atom is 0.253 e. The summed E-state index contributed by atoms with van der Waals surface area (Å²) in [6.07, 6.45) is 4.07. The molecular formula is C17H24N2O. The number of hydrogen-bond donors (Lipinski definition) is 1. The number of carbonyl (C=O) groups excluding carboxylic acids is 1. The molecule has 1 amide bonds. The number of fused-ring (bicyclic) bond motifs is 1. The van der Waals surface area contributed by atoms with Gasteiger partial charge in [0.1, 0.15) is 0 Å². The number of nitrogens with zero attached hydrogens (tertiary/aromatic N) is 1. The zero-order chi connectivity index (χ0) is 14.7. The number of aromatic nitrogens is 1. The van der Waals surface area contributed by atoms with Crippen LogP contribution in [0, 0.1) is 5.92 Å². The molecule has 2 aromatic rings. The molecule has 2 rings (SSSR count). The van der Waals surface area contributed by atoms with E-state index >= 15 is 0 Å². The van der Waals surface area contributed by atoms with Crippen molar-refractivity contribution in [3.05, 3.63) is 36.0 Å². The summed E-state index contributed by atoms with van der Waals surface area (Å²) >= 11 is 0. The van der Waals surface area contributed by atoms with E-state index in [1.807, 2.05) is 42.1 Å². The Morgan fingerprint density at radius 3 is 2.60 bits per heavy atom. The Hall–Kier alpha value is -1.77. The number of rotatable bonds is 5. The second-order valence-corrected chi connectivity index (χ2v) is 6.02. The lowest BCUT2D eigenvalue weighted by Gasteiger charge is -2.14. The molecule has 1 N–H and O–H groups in total. The lowest BCUT2D eigenvalue weighted by Crippen LogP contribution is -2.32. The first-order valence-electron chi connectivity index (χ1n) is 7.34. The van der Waals surface area contributed by atoms with Gasteiger partial charge in [0.15, 0.2) is 0 Å². The van der Waals surface area contributed by atoms with Crippen LogP contribution in [0.5, 0.6) is 0 Å². The van der Waals surface area contributed by atoms with Gasteiger partial charge in [0.2, 0.25) is 0 Å². The predicted octanol–water partition coefficient (Wildman–Crippen LogP) is 3.73. The van der Waals surface area contributed by atoms with Gasteiger partial charge in [-0.05, 0) is 31.7 Å². The van der Waals surface area contributed by atoms with Crippen molar-refractivity contribution in [1.82, 2.24) is 9.88 Å². The molecule has 1 atom stereocenters. The van der Waals surface area contributed by atoms with E-state index in [1.165, 1.54) is 0 Å². The van der Waals surface area contributed by atoms with Crippen LogP contribution in [-0.2, 0) is 7.05 Å². The molecule has 0 fully saturated rings. The molecule has 0 aliphatic rings. The average Bonchev–Trinajstić information content (AvgIpc) is 2.75. The third kappa shape index (κ3) is 3.21. The first kappa shape index (κ1) is 14.6.